The molecule has 0 atom stereocenters. The zero-order valence-electron chi connectivity index (χ0n) is 10.7. The van der Waals surface area contributed by atoms with Crippen molar-refractivity contribution in [2.24, 2.45) is 0 Å². The minimum Gasteiger partial charge on any atom is -0.490 e. The summed E-state index contributed by atoms with van der Waals surface area (Å²) in [5.74, 6) is 0.755. The molecule has 0 aromatic heterocycles. The zero-order chi connectivity index (χ0) is 12.5. The molecular weight excluding hydrogens is 216 g/mol. The van der Waals surface area contributed by atoms with Crippen molar-refractivity contribution in [3.8, 4) is 5.75 Å². The van der Waals surface area contributed by atoms with Crippen molar-refractivity contribution in [3.63, 3.8) is 0 Å². The second-order valence-electron chi connectivity index (χ2n) is 3.89. The maximum absolute atomic E-state index is 5.78. The predicted molar refractivity (Wildman–Crippen MR) is 70.3 cm³/mol. The van der Waals surface area contributed by atoms with E-state index in [9.17, 15) is 0 Å². The van der Waals surface area contributed by atoms with E-state index in [1.807, 2.05) is 31.2 Å². The van der Waals surface area contributed by atoms with Crippen molar-refractivity contribution in [2.45, 2.75) is 6.92 Å². The predicted octanol–water partition coefficient (Wildman–Crippen LogP) is 1.62. The zero-order valence-corrected chi connectivity index (χ0v) is 10.7. The van der Waals surface area contributed by atoms with Crippen LogP contribution in [0.1, 0.15) is 6.92 Å². The molecule has 0 aliphatic carbocycles. The fourth-order valence-electron chi connectivity index (χ4n) is 1.40. The first-order valence-corrected chi connectivity index (χ1v) is 5.97. The van der Waals surface area contributed by atoms with Crippen molar-refractivity contribution in [3.05, 3.63) is 24.3 Å². The van der Waals surface area contributed by atoms with Gasteiger partial charge in [-0.2, -0.15) is 0 Å². The molecule has 0 heterocycles. The summed E-state index contributed by atoms with van der Waals surface area (Å²) in [4.78, 5) is 2.18. The summed E-state index contributed by atoms with van der Waals surface area (Å²) in [6.45, 7) is 5.95. The third kappa shape index (κ3) is 5.56. The SMILES string of the molecule is CCOCCN(C)CCOc1ccccc1N. The van der Waals surface area contributed by atoms with E-state index in [0.29, 0.717) is 12.3 Å². The van der Waals surface area contributed by atoms with E-state index in [1.165, 1.54) is 0 Å². The molecule has 4 heteroatoms. The second kappa shape index (κ2) is 7.92. The number of nitrogen functional groups attached to an aromatic ring is 1. The van der Waals surface area contributed by atoms with Gasteiger partial charge in [0.05, 0.1) is 12.3 Å². The van der Waals surface area contributed by atoms with Crippen molar-refractivity contribution < 1.29 is 9.47 Å². The molecule has 0 saturated carbocycles. The summed E-state index contributed by atoms with van der Waals surface area (Å²) in [5.41, 5.74) is 6.46. The molecular formula is C13H22N2O2. The van der Waals surface area contributed by atoms with Crippen LogP contribution >= 0.6 is 0 Å². The third-order valence-electron chi connectivity index (χ3n) is 2.47. The van der Waals surface area contributed by atoms with Gasteiger partial charge in [0.2, 0.25) is 0 Å². The van der Waals surface area contributed by atoms with Crippen LogP contribution in [0, 0.1) is 0 Å². The largest absolute Gasteiger partial charge is 0.490 e. The summed E-state index contributed by atoms with van der Waals surface area (Å²) >= 11 is 0. The Morgan fingerprint density at radius 1 is 1.18 bits per heavy atom. The standard InChI is InChI=1S/C13H22N2O2/c1-3-16-10-8-15(2)9-11-17-13-7-5-4-6-12(13)14/h4-7H,3,8-11,14H2,1-2H3. The van der Waals surface area contributed by atoms with Crippen LogP contribution in [0.4, 0.5) is 5.69 Å². The first-order valence-electron chi connectivity index (χ1n) is 5.97. The number of hydrogen-bond acceptors (Lipinski definition) is 4. The van der Waals surface area contributed by atoms with E-state index < -0.39 is 0 Å². The molecule has 0 radical (unpaired) electrons. The number of rotatable bonds is 8. The number of ether oxygens (including phenoxy) is 2. The lowest BCUT2D eigenvalue weighted by Gasteiger charge is -2.17. The minimum atomic E-state index is 0.636. The average molecular weight is 238 g/mol. The van der Waals surface area contributed by atoms with Crippen molar-refractivity contribution in [1.29, 1.82) is 0 Å². The van der Waals surface area contributed by atoms with Gasteiger partial charge in [-0.1, -0.05) is 12.1 Å². The summed E-state index contributed by atoms with van der Waals surface area (Å²) in [6, 6.07) is 7.55. The highest BCUT2D eigenvalue weighted by atomic mass is 16.5. The Kier molecular flexibility index (Phi) is 6.43. The molecule has 4 nitrogen and oxygen atoms in total. The first kappa shape index (κ1) is 13.8. The van der Waals surface area contributed by atoms with Gasteiger partial charge in [0.25, 0.3) is 0 Å². The van der Waals surface area contributed by atoms with E-state index >= 15 is 0 Å². The molecule has 0 spiro atoms. The molecule has 0 bridgehead atoms. The molecule has 1 rings (SSSR count). The summed E-state index contributed by atoms with van der Waals surface area (Å²) < 4.78 is 10.9. The molecule has 1 aromatic rings. The van der Waals surface area contributed by atoms with Crippen LogP contribution in [0.25, 0.3) is 0 Å². The van der Waals surface area contributed by atoms with Gasteiger partial charge >= 0.3 is 0 Å². The van der Waals surface area contributed by atoms with E-state index in [2.05, 4.69) is 11.9 Å². The maximum atomic E-state index is 5.78. The van der Waals surface area contributed by atoms with Crippen LogP contribution in [-0.4, -0.2) is 44.9 Å². The van der Waals surface area contributed by atoms with Gasteiger partial charge < -0.3 is 20.1 Å². The van der Waals surface area contributed by atoms with E-state index in [4.69, 9.17) is 15.2 Å². The van der Waals surface area contributed by atoms with Crippen LogP contribution in [0.3, 0.4) is 0 Å². The Bertz CT molecular complexity index is 318. The number of hydrogen-bond donors (Lipinski definition) is 1. The quantitative estimate of drug-likeness (QED) is 0.552. The van der Waals surface area contributed by atoms with E-state index in [1.54, 1.807) is 0 Å². The number of nitrogens with zero attached hydrogens (tertiary/aromatic N) is 1. The Balaban J connectivity index is 2.17. The van der Waals surface area contributed by atoms with Gasteiger partial charge in [0, 0.05) is 19.7 Å². The van der Waals surface area contributed by atoms with Crippen LogP contribution in [0.15, 0.2) is 24.3 Å². The molecule has 2 N–H and O–H groups in total. The number of benzene rings is 1. The molecule has 0 fully saturated rings. The van der Waals surface area contributed by atoms with Gasteiger partial charge in [-0.25, -0.2) is 0 Å². The molecule has 0 aliphatic rings. The molecule has 0 unspecified atom stereocenters. The monoisotopic (exact) mass is 238 g/mol. The van der Waals surface area contributed by atoms with Gasteiger partial charge in [-0.3, -0.25) is 0 Å². The fraction of sp³-hybridized carbons (Fsp3) is 0.538. The molecule has 0 amide bonds. The number of para-hydroxylation sites is 2. The lowest BCUT2D eigenvalue weighted by Crippen LogP contribution is -2.28. The van der Waals surface area contributed by atoms with Gasteiger partial charge in [0.1, 0.15) is 12.4 Å². The number of nitrogens with two attached hydrogens (primary N) is 1. The van der Waals surface area contributed by atoms with Gasteiger partial charge in [-0.15, -0.1) is 0 Å². The lowest BCUT2D eigenvalue weighted by molar-refractivity contribution is 0.116. The van der Waals surface area contributed by atoms with Crippen LogP contribution in [0.2, 0.25) is 0 Å². The lowest BCUT2D eigenvalue weighted by atomic mass is 10.3. The van der Waals surface area contributed by atoms with E-state index in [0.717, 1.165) is 32.1 Å². The average Bonchev–Trinajstić information content (AvgIpc) is 2.32. The smallest absolute Gasteiger partial charge is 0.142 e. The summed E-state index contributed by atoms with van der Waals surface area (Å²) in [6.07, 6.45) is 0. The minimum absolute atomic E-state index is 0.636. The van der Waals surface area contributed by atoms with Gasteiger partial charge in [0.15, 0.2) is 0 Å². The Hall–Kier alpha value is -1.26. The number of anilines is 1. The Labute approximate surface area is 103 Å². The fourth-order valence-corrected chi connectivity index (χ4v) is 1.40. The highest BCUT2D eigenvalue weighted by molar-refractivity contribution is 5.51. The molecule has 1 aromatic carbocycles. The number of likely N-dealkylation sites (N-methyl/N-ethyl adjacent to an activating group) is 1. The van der Waals surface area contributed by atoms with Gasteiger partial charge in [-0.05, 0) is 26.1 Å². The third-order valence-corrected chi connectivity index (χ3v) is 2.47. The summed E-state index contributed by atoms with van der Waals surface area (Å²) in [5, 5.41) is 0. The molecule has 0 saturated heterocycles. The maximum Gasteiger partial charge on any atom is 0.142 e. The highest BCUT2D eigenvalue weighted by Crippen LogP contribution is 2.19. The Morgan fingerprint density at radius 2 is 1.88 bits per heavy atom. The topological polar surface area (TPSA) is 47.7 Å². The normalized spacial score (nSPS) is 10.8. The Morgan fingerprint density at radius 3 is 2.59 bits per heavy atom. The highest BCUT2D eigenvalue weighted by Gasteiger charge is 2.01. The molecule has 96 valence electrons. The first-order chi connectivity index (χ1) is 8.24. The second-order valence-corrected chi connectivity index (χ2v) is 3.89. The molecule has 0 aliphatic heterocycles. The van der Waals surface area contributed by atoms with Crippen LogP contribution in [-0.2, 0) is 4.74 Å². The van der Waals surface area contributed by atoms with Crippen LogP contribution < -0.4 is 10.5 Å². The van der Waals surface area contributed by atoms with Crippen molar-refractivity contribution in [1.82, 2.24) is 4.90 Å². The van der Waals surface area contributed by atoms with Crippen molar-refractivity contribution >= 4 is 5.69 Å². The van der Waals surface area contributed by atoms with E-state index in [-0.39, 0.29) is 0 Å². The molecule has 17 heavy (non-hydrogen) atoms. The summed E-state index contributed by atoms with van der Waals surface area (Å²) in [7, 11) is 2.05. The van der Waals surface area contributed by atoms with Crippen LogP contribution in [0.5, 0.6) is 5.75 Å². The van der Waals surface area contributed by atoms with Crippen molar-refractivity contribution in [2.75, 3.05) is 45.7 Å².